The van der Waals surface area contributed by atoms with Crippen LogP contribution < -0.4 is 11.5 Å². The fraction of sp³-hybridized carbons (Fsp3) is 0.625. The zero-order valence-electron chi connectivity index (χ0n) is 8.47. The van der Waals surface area contributed by atoms with Crippen LogP contribution in [0.1, 0.15) is 19.8 Å². The monoisotopic (exact) mass is 252 g/mol. The number of nitrogens with two attached hydrogens (primary N) is 2. The molecule has 0 aliphatic rings. The summed E-state index contributed by atoms with van der Waals surface area (Å²) in [6, 6.07) is -0.743. The summed E-state index contributed by atoms with van der Waals surface area (Å²) in [4.78, 5) is 20.3. The quantitative estimate of drug-likeness (QED) is 0.404. The lowest BCUT2D eigenvalue weighted by Gasteiger charge is -2.00. The second-order valence-electron chi connectivity index (χ2n) is 2.80. The smallest absolute Gasteiger partial charge is 0.320 e. The lowest BCUT2D eigenvalue weighted by atomic mass is 10.2. The molecule has 0 aromatic carbocycles. The van der Waals surface area contributed by atoms with Gasteiger partial charge in [0.1, 0.15) is 11.8 Å². The molecule has 0 aliphatic heterocycles. The maximum absolute atomic E-state index is 10.1. The van der Waals surface area contributed by atoms with Gasteiger partial charge in [0.05, 0.1) is 11.4 Å². The van der Waals surface area contributed by atoms with Crippen molar-refractivity contribution in [3.63, 3.8) is 0 Å². The number of aliphatic carboxylic acids is 1. The SMILES string of the molecule is CC(=O)CC(N)=S.NC(CCS)C(=O)O. The molecule has 0 saturated carbocycles. The molecule has 1 unspecified atom stereocenters. The molecule has 0 bridgehead atoms. The molecule has 0 spiro atoms. The van der Waals surface area contributed by atoms with E-state index in [4.69, 9.17) is 16.6 Å². The number of Topliss-reactive ketones (excluding diaryl/α,β-unsaturated/α-hetero) is 1. The summed E-state index contributed by atoms with van der Waals surface area (Å²) >= 11 is 8.24. The van der Waals surface area contributed by atoms with Crippen molar-refractivity contribution in [3.05, 3.63) is 0 Å². The number of carbonyl (C=O) groups is 2. The third-order valence-electron chi connectivity index (χ3n) is 1.18. The first-order valence-electron chi connectivity index (χ1n) is 4.18. The summed E-state index contributed by atoms with van der Waals surface area (Å²) in [6.07, 6.45) is 0.660. The van der Waals surface area contributed by atoms with E-state index in [-0.39, 0.29) is 17.2 Å². The number of rotatable bonds is 5. The van der Waals surface area contributed by atoms with E-state index in [0.29, 0.717) is 12.2 Å². The first kappa shape index (κ1) is 16.8. The standard InChI is InChI=1S/C4H9NO2S.C4H7NOS/c5-3(1-2-8)4(6)7;1-3(6)2-4(5)7/h3,8H,1-2,5H2,(H,6,7);2H2,1H3,(H2,5,7). The van der Waals surface area contributed by atoms with Gasteiger partial charge in [-0.2, -0.15) is 12.6 Å². The molecule has 0 radical (unpaired) electrons. The molecule has 0 aromatic rings. The van der Waals surface area contributed by atoms with Crippen LogP contribution >= 0.6 is 24.8 Å². The van der Waals surface area contributed by atoms with Crippen molar-refractivity contribution in [2.24, 2.45) is 11.5 Å². The Morgan fingerprint density at radius 3 is 2.07 bits per heavy atom. The predicted molar refractivity (Wildman–Crippen MR) is 66.2 cm³/mol. The highest BCUT2D eigenvalue weighted by atomic mass is 32.1. The van der Waals surface area contributed by atoms with E-state index in [1.54, 1.807) is 0 Å². The zero-order valence-corrected chi connectivity index (χ0v) is 10.2. The third kappa shape index (κ3) is 16.0. The Morgan fingerprint density at radius 1 is 1.53 bits per heavy atom. The van der Waals surface area contributed by atoms with Crippen LogP contribution in [0.3, 0.4) is 0 Å². The molecule has 0 heterocycles. The lowest BCUT2D eigenvalue weighted by Crippen LogP contribution is -2.30. The van der Waals surface area contributed by atoms with Gasteiger partial charge in [0.2, 0.25) is 0 Å². The van der Waals surface area contributed by atoms with Crippen molar-refractivity contribution in [1.29, 1.82) is 0 Å². The van der Waals surface area contributed by atoms with Gasteiger partial charge in [-0.05, 0) is 19.1 Å². The van der Waals surface area contributed by atoms with Crippen LogP contribution in [0.2, 0.25) is 0 Å². The Bertz CT molecular complexity index is 222. The number of carboxylic acid groups (broad SMARTS) is 1. The summed E-state index contributed by atoms with van der Waals surface area (Å²) in [7, 11) is 0. The van der Waals surface area contributed by atoms with E-state index in [2.05, 4.69) is 24.8 Å². The molecular formula is C8H16N2O3S2. The Hall–Kier alpha value is -0.660. The summed E-state index contributed by atoms with van der Waals surface area (Å²) in [5.41, 5.74) is 10.1. The van der Waals surface area contributed by atoms with Gasteiger partial charge in [-0.3, -0.25) is 9.59 Å². The van der Waals surface area contributed by atoms with E-state index in [1.165, 1.54) is 6.92 Å². The number of carbonyl (C=O) groups excluding carboxylic acids is 1. The average molecular weight is 252 g/mol. The molecule has 15 heavy (non-hydrogen) atoms. The normalized spacial score (nSPS) is 10.9. The fourth-order valence-electron chi connectivity index (χ4n) is 0.508. The fourth-order valence-corrected chi connectivity index (χ4v) is 0.989. The minimum atomic E-state index is -0.959. The summed E-state index contributed by atoms with van der Waals surface area (Å²) in [5.74, 6) is -0.417. The molecule has 0 saturated heterocycles. The molecule has 0 aromatic heterocycles. The van der Waals surface area contributed by atoms with Gasteiger partial charge in [0.25, 0.3) is 0 Å². The number of thiol groups is 1. The Morgan fingerprint density at radius 2 is 2.00 bits per heavy atom. The van der Waals surface area contributed by atoms with Gasteiger partial charge in [0, 0.05) is 0 Å². The van der Waals surface area contributed by atoms with Gasteiger partial charge in [0.15, 0.2) is 0 Å². The van der Waals surface area contributed by atoms with Crippen LogP contribution in [-0.4, -0.2) is 33.6 Å². The molecule has 7 heteroatoms. The highest BCUT2D eigenvalue weighted by Crippen LogP contribution is 1.88. The molecule has 0 fully saturated rings. The molecule has 88 valence electrons. The maximum atomic E-state index is 10.1. The number of thiocarbonyl (C=S) groups is 1. The topological polar surface area (TPSA) is 106 Å². The molecular weight excluding hydrogens is 236 g/mol. The molecule has 5 N–H and O–H groups in total. The summed E-state index contributed by atoms with van der Waals surface area (Å²) in [6.45, 7) is 1.46. The highest BCUT2D eigenvalue weighted by Gasteiger charge is 2.08. The lowest BCUT2D eigenvalue weighted by molar-refractivity contribution is -0.138. The van der Waals surface area contributed by atoms with Crippen molar-refractivity contribution < 1.29 is 14.7 Å². The molecule has 0 aliphatic carbocycles. The van der Waals surface area contributed by atoms with Crippen LogP contribution in [-0.2, 0) is 9.59 Å². The van der Waals surface area contributed by atoms with Gasteiger partial charge in [-0.1, -0.05) is 12.2 Å². The van der Waals surface area contributed by atoms with Crippen LogP contribution in [0.5, 0.6) is 0 Å². The third-order valence-corrected chi connectivity index (χ3v) is 1.58. The van der Waals surface area contributed by atoms with E-state index in [1.807, 2.05) is 0 Å². The minimum Gasteiger partial charge on any atom is -0.480 e. The summed E-state index contributed by atoms with van der Waals surface area (Å²) < 4.78 is 0. The first-order chi connectivity index (χ1) is 6.81. The van der Waals surface area contributed by atoms with Crippen molar-refractivity contribution in [2.75, 3.05) is 5.75 Å². The second-order valence-corrected chi connectivity index (χ2v) is 3.77. The van der Waals surface area contributed by atoms with Gasteiger partial charge in [-0.25, -0.2) is 0 Å². The van der Waals surface area contributed by atoms with E-state index in [9.17, 15) is 9.59 Å². The largest absolute Gasteiger partial charge is 0.480 e. The Labute approximate surface area is 99.6 Å². The van der Waals surface area contributed by atoms with Crippen LogP contribution in [0.15, 0.2) is 0 Å². The maximum Gasteiger partial charge on any atom is 0.320 e. The molecule has 0 rings (SSSR count). The van der Waals surface area contributed by atoms with Crippen molar-refractivity contribution in [3.8, 4) is 0 Å². The number of hydrogen-bond acceptors (Lipinski definition) is 5. The van der Waals surface area contributed by atoms with Crippen molar-refractivity contribution in [1.82, 2.24) is 0 Å². The molecule has 1 atom stereocenters. The Balaban J connectivity index is 0. The predicted octanol–water partition coefficient (Wildman–Crippen LogP) is -0.0302. The highest BCUT2D eigenvalue weighted by molar-refractivity contribution is 7.80. The summed E-state index contributed by atoms with van der Waals surface area (Å²) in [5, 5.41) is 8.15. The van der Waals surface area contributed by atoms with Crippen LogP contribution in [0, 0.1) is 0 Å². The van der Waals surface area contributed by atoms with E-state index in [0.717, 1.165) is 0 Å². The zero-order chi connectivity index (χ0) is 12.4. The average Bonchev–Trinajstić information content (AvgIpc) is 2.02. The van der Waals surface area contributed by atoms with Crippen molar-refractivity contribution >= 4 is 41.6 Å². The second kappa shape index (κ2) is 9.88. The first-order valence-corrected chi connectivity index (χ1v) is 5.22. The number of ketones is 1. The van der Waals surface area contributed by atoms with Gasteiger partial charge >= 0.3 is 5.97 Å². The van der Waals surface area contributed by atoms with Gasteiger partial charge in [-0.15, -0.1) is 0 Å². The molecule has 5 nitrogen and oxygen atoms in total. The number of hydrogen-bond donors (Lipinski definition) is 4. The van der Waals surface area contributed by atoms with Crippen LogP contribution in [0.4, 0.5) is 0 Å². The minimum absolute atomic E-state index is 0.0208. The number of carboxylic acids is 1. The van der Waals surface area contributed by atoms with E-state index >= 15 is 0 Å². The van der Waals surface area contributed by atoms with Gasteiger partial charge < -0.3 is 16.6 Å². The van der Waals surface area contributed by atoms with Crippen LogP contribution in [0.25, 0.3) is 0 Å². The Kier molecular flexibility index (Phi) is 11.0. The van der Waals surface area contributed by atoms with E-state index < -0.39 is 12.0 Å². The molecule has 0 amide bonds. The van der Waals surface area contributed by atoms with Crippen molar-refractivity contribution in [2.45, 2.75) is 25.8 Å².